The van der Waals surface area contributed by atoms with Crippen LogP contribution in [0, 0.1) is 18.8 Å². The van der Waals surface area contributed by atoms with E-state index in [4.69, 9.17) is 4.74 Å². The van der Waals surface area contributed by atoms with Crippen LogP contribution in [0.15, 0.2) is 36.9 Å². The van der Waals surface area contributed by atoms with Crippen molar-refractivity contribution in [2.24, 2.45) is 11.8 Å². The number of hydrogen-bond donors (Lipinski definition) is 3. The molecule has 0 unspecified atom stereocenters. The summed E-state index contributed by atoms with van der Waals surface area (Å²) in [5.41, 5.74) is 1.90. The Kier molecular flexibility index (Phi) is 9.43. The molecule has 1 fully saturated rings. The van der Waals surface area contributed by atoms with Gasteiger partial charge in [-0.05, 0) is 43.7 Å². The highest BCUT2D eigenvalue weighted by Crippen LogP contribution is 2.17. The molecule has 32 heavy (non-hydrogen) atoms. The van der Waals surface area contributed by atoms with Gasteiger partial charge in [-0.2, -0.15) is 0 Å². The summed E-state index contributed by atoms with van der Waals surface area (Å²) in [6, 6.07) is 5.83. The number of carbonyl (C=O) groups is 4. The standard InChI is InChI=1S/C24H33N3O5/c1-5-21(28)19(13-18-9-10-25-22(18)29)26-23(30)20(11-15(2)3)27-24(31)32-14-17-8-6-7-16(4)12-17/h5-8,12,15,18-20H,1,9-11,13-14H2,2-4H3,(H,25,29)(H,26,30)(H,27,31)/t18-,19-,20-/m0/s1. The molecular formula is C24H33N3O5. The number of aryl methyl sites for hydroxylation is 1. The molecule has 3 N–H and O–H groups in total. The molecule has 3 atom stereocenters. The Morgan fingerprint density at radius 2 is 2.00 bits per heavy atom. The molecule has 1 aliphatic rings. The van der Waals surface area contributed by atoms with Gasteiger partial charge in [0.1, 0.15) is 12.6 Å². The number of ether oxygens (including phenoxy) is 1. The van der Waals surface area contributed by atoms with Gasteiger partial charge in [-0.15, -0.1) is 0 Å². The van der Waals surface area contributed by atoms with E-state index in [-0.39, 0.29) is 36.6 Å². The second-order valence-electron chi connectivity index (χ2n) is 8.57. The molecule has 0 spiro atoms. The van der Waals surface area contributed by atoms with Crippen molar-refractivity contribution < 1.29 is 23.9 Å². The number of ketones is 1. The van der Waals surface area contributed by atoms with Crippen LogP contribution in [0.1, 0.15) is 44.2 Å². The van der Waals surface area contributed by atoms with Crippen LogP contribution in [0.5, 0.6) is 0 Å². The van der Waals surface area contributed by atoms with Crippen LogP contribution in [-0.4, -0.2) is 42.3 Å². The molecule has 174 valence electrons. The minimum absolute atomic E-state index is 0.0812. The predicted molar refractivity (Wildman–Crippen MR) is 121 cm³/mol. The fourth-order valence-electron chi connectivity index (χ4n) is 3.65. The highest BCUT2D eigenvalue weighted by Gasteiger charge is 2.32. The van der Waals surface area contributed by atoms with E-state index in [0.717, 1.165) is 17.2 Å². The summed E-state index contributed by atoms with van der Waals surface area (Å²) in [6.45, 7) is 9.92. The van der Waals surface area contributed by atoms with Crippen molar-refractivity contribution in [1.29, 1.82) is 0 Å². The number of nitrogens with one attached hydrogen (secondary N) is 3. The maximum atomic E-state index is 13.0. The van der Waals surface area contributed by atoms with Gasteiger partial charge in [0.2, 0.25) is 11.8 Å². The first-order valence-corrected chi connectivity index (χ1v) is 10.9. The number of alkyl carbamates (subject to hydrolysis) is 1. The molecule has 1 saturated heterocycles. The average Bonchev–Trinajstić information content (AvgIpc) is 3.14. The van der Waals surface area contributed by atoms with Gasteiger partial charge < -0.3 is 20.7 Å². The Morgan fingerprint density at radius 1 is 1.25 bits per heavy atom. The molecule has 0 bridgehead atoms. The molecule has 1 heterocycles. The highest BCUT2D eigenvalue weighted by molar-refractivity contribution is 5.98. The molecule has 1 aromatic carbocycles. The van der Waals surface area contributed by atoms with E-state index in [1.807, 2.05) is 45.0 Å². The lowest BCUT2D eigenvalue weighted by Gasteiger charge is -2.24. The van der Waals surface area contributed by atoms with Gasteiger partial charge in [0.05, 0.1) is 6.04 Å². The number of benzene rings is 1. The van der Waals surface area contributed by atoms with Crippen LogP contribution >= 0.6 is 0 Å². The summed E-state index contributed by atoms with van der Waals surface area (Å²) in [7, 11) is 0. The zero-order valence-electron chi connectivity index (χ0n) is 19.0. The van der Waals surface area contributed by atoms with Gasteiger partial charge in [-0.1, -0.05) is 50.3 Å². The van der Waals surface area contributed by atoms with Gasteiger partial charge in [-0.3, -0.25) is 14.4 Å². The highest BCUT2D eigenvalue weighted by atomic mass is 16.5. The van der Waals surface area contributed by atoms with E-state index in [0.29, 0.717) is 19.4 Å². The number of hydrogen-bond acceptors (Lipinski definition) is 5. The van der Waals surface area contributed by atoms with E-state index >= 15 is 0 Å². The fourth-order valence-corrected chi connectivity index (χ4v) is 3.65. The lowest BCUT2D eigenvalue weighted by molar-refractivity contribution is -0.129. The summed E-state index contributed by atoms with van der Waals surface area (Å²) in [6.07, 6.45) is 1.58. The fraction of sp³-hybridized carbons (Fsp3) is 0.500. The predicted octanol–water partition coefficient (Wildman–Crippen LogP) is 2.40. The summed E-state index contributed by atoms with van der Waals surface area (Å²) in [5.74, 6) is -1.23. The van der Waals surface area contributed by atoms with Crippen molar-refractivity contribution in [3.8, 4) is 0 Å². The van der Waals surface area contributed by atoms with Crippen molar-refractivity contribution in [2.45, 2.75) is 58.7 Å². The molecule has 0 aliphatic carbocycles. The van der Waals surface area contributed by atoms with Gasteiger partial charge in [0.15, 0.2) is 5.78 Å². The van der Waals surface area contributed by atoms with Crippen molar-refractivity contribution in [1.82, 2.24) is 16.0 Å². The molecule has 3 amide bonds. The number of carbonyl (C=O) groups excluding carboxylic acids is 4. The normalized spacial score (nSPS) is 17.2. The van der Waals surface area contributed by atoms with Gasteiger partial charge in [-0.25, -0.2) is 4.79 Å². The first kappa shape index (κ1) is 25.1. The van der Waals surface area contributed by atoms with Crippen LogP contribution in [0.2, 0.25) is 0 Å². The number of rotatable bonds is 11. The third-order valence-corrected chi connectivity index (χ3v) is 5.31. The van der Waals surface area contributed by atoms with E-state index in [2.05, 4.69) is 22.5 Å². The first-order valence-electron chi connectivity index (χ1n) is 10.9. The smallest absolute Gasteiger partial charge is 0.408 e. The summed E-state index contributed by atoms with van der Waals surface area (Å²) < 4.78 is 5.27. The summed E-state index contributed by atoms with van der Waals surface area (Å²) in [5, 5.41) is 8.03. The monoisotopic (exact) mass is 443 g/mol. The average molecular weight is 444 g/mol. The maximum absolute atomic E-state index is 13.0. The molecule has 1 aromatic rings. The van der Waals surface area contributed by atoms with Crippen molar-refractivity contribution in [2.75, 3.05) is 6.54 Å². The SMILES string of the molecule is C=CC(=O)[C@H](C[C@@H]1CCNC1=O)NC(=O)[C@H](CC(C)C)NC(=O)OCc1cccc(C)c1. The lowest BCUT2D eigenvalue weighted by Crippen LogP contribution is -2.52. The molecule has 0 aromatic heterocycles. The Balaban J connectivity index is 2.00. The lowest BCUT2D eigenvalue weighted by atomic mass is 9.95. The molecule has 1 aliphatic heterocycles. The molecule has 0 radical (unpaired) electrons. The Labute approximate surface area is 189 Å². The van der Waals surface area contributed by atoms with Crippen LogP contribution in [-0.2, 0) is 25.7 Å². The van der Waals surface area contributed by atoms with Crippen molar-refractivity contribution in [3.63, 3.8) is 0 Å². The molecule has 0 saturated carbocycles. The van der Waals surface area contributed by atoms with Crippen LogP contribution in [0.25, 0.3) is 0 Å². The molecule has 8 heteroatoms. The second kappa shape index (κ2) is 12.0. The maximum Gasteiger partial charge on any atom is 0.408 e. The third kappa shape index (κ3) is 7.83. The van der Waals surface area contributed by atoms with Crippen molar-refractivity contribution in [3.05, 3.63) is 48.0 Å². The van der Waals surface area contributed by atoms with Crippen LogP contribution in [0.3, 0.4) is 0 Å². The Bertz CT molecular complexity index is 852. The Hall–Kier alpha value is -3.16. The van der Waals surface area contributed by atoms with E-state index in [1.54, 1.807) is 0 Å². The molecule has 8 nitrogen and oxygen atoms in total. The quantitative estimate of drug-likeness (QED) is 0.455. The van der Waals surface area contributed by atoms with E-state index in [1.165, 1.54) is 0 Å². The molecular weight excluding hydrogens is 410 g/mol. The van der Waals surface area contributed by atoms with E-state index < -0.39 is 24.1 Å². The topological polar surface area (TPSA) is 114 Å². The zero-order valence-corrected chi connectivity index (χ0v) is 19.0. The van der Waals surface area contributed by atoms with Crippen LogP contribution in [0.4, 0.5) is 4.79 Å². The zero-order chi connectivity index (χ0) is 23.7. The van der Waals surface area contributed by atoms with Gasteiger partial charge >= 0.3 is 6.09 Å². The van der Waals surface area contributed by atoms with Crippen LogP contribution < -0.4 is 16.0 Å². The first-order chi connectivity index (χ1) is 15.2. The van der Waals surface area contributed by atoms with Crippen molar-refractivity contribution >= 4 is 23.7 Å². The summed E-state index contributed by atoms with van der Waals surface area (Å²) in [4.78, 5) is 49.5. The third-order valence-electron chi connectivity index (χ3n) is 5.31. The number of amides is 3. The van der Waals surface area contributed by atoms with Gasteiger partial charge in [0, 0.05) is 12.5 Å². The summed E-state index contributed by atoms with van der Waals surface area (Å²) >= 11 is 0. The minimum Gasteiger partial charge on any atom is -0.445 e. The Morgan fingerprint density at radius 3 is 2.59 bits per heavy atom. The molecule has 2 rings (SSSR count). The van der Waals surface area contributed by atoms with Gasteiger partial charge in [0.25, 0.3) is 0 Å². The van der Waals surface area contributed by atoms with E-state index in [9.17, 15) is 19.2 Å². The minimum atomic E-state index is -0.881. The second-order valence-corrected chi connectivity index (χ2v) is 8.57. The largest absolute Gasteiger partial charge is 0.445 e.